The van der Waals surface area contributed by atoms with Crippen molar-refractivity contribution in [2.45, 2.75) is 31.6 Å². The molecule has 2 rings (SSSR count). The topological polar surface area (TPSA) is 88.8 Å². The van der Waals surface area contributed by atoms with Crippen molar-refractivity contribution < 1.29 is 4.79 Å². The highest BCUT2D eigenvalue weighted by atomic mass is 32.1. The SMILES string of the molecule is NC(=O)C1CCC(c2nsc(=O)[nH]2)CC1. The molecule has 0 aliphatic heterocycles. The van der Waals surface area contributed by atoms with Gasteiger partial charge in [-0.1, -0.05) is 0 Å². The van der Waals surface area contributed by atoms with Gasteiger partial charge in [0.15, 0.2) is 0 Å². The van der Waals surface area contributed by atoms with Crippen molar-refractivity contribution >= 4 is 17.4 Å². The minimum Gasteiger partial charge on any atom is -0.369 e. The number of hydrogen-bond donors (Lipinski definition) is 2. The third-order valence-electron chi connectivity index (χ3n) is 2.97. The van der Waals surface area contributed by atoms with E-state index in [1.54, 1.807) is 0 Å². The van der Waals surface area contributed by atoms with E-state index in [1.165, 1.54) is 0 Å². The van der Waals surface area contributed by atoms with E-state index in [1.807, 2.05) is 0 Å². The van der Waals surface area contributed by atoms with Gasteiger partial charge in [-0.2, -0.15) is 4.37 Å². The van der Waals surface area contributed by atoms with E-state index in [-0.39, 0.29) is 16.7 Å². The number of H-pyrrole nitrogens is 1. The van der Waals surface area contributed by atoms with Crippen LogP contribution in [-0.2, 0) is 4.79 Å². The third kappa shape index (κ3) is 2.26. The number of carbonyl (C=O) groups excluding carboxylic acids is 1. The zero-order valence-corrected chi connectivity index (χ0v) is 9.05. The number of nitrogens with two attached hydrogens (primary N) is 1. The number of primary amides is 1. The summed E-state index contributed by atoms with van der Waals surface area (Å²) in [7, 11) is 0. The van der Waals surface area contributed by atoms with Gasteiger partial charge in [0.2, 0.25) is 5.91 Å². The number of nitrogens with one attached hydrogen (secondary N) is 1. The largest absolute Gasteiger partial charge is 0.369 e. The molecule has 1 saturated carbocycles. The van der Waals surface area contributed by atoms with E-state index >= 15 is 0 Å². The van der Waals surface area contributed by atoms with Crippen molar-refractivity contribution in [2.75, 3.05) is 0 Å². The summed E-state index contributed by atoms with van der Waals surface area (Å²) in [4.78, 5) is 24.5. The van der Waals surface area contributed by atoms with Gasteiger partial charge < -0.3 is 5.73 Å². The van der Waals surface area contributed by atoms with Crippen LogP contribution in [0.3, 0.4) is 0 Å². The molecule has 1 fully saturated rings. The van der Waals surface area contributed by atoms with Crippen LogP contribution in [0.15, 0.2) is 4.79 Å². The van der Waals surface area contributed by atoms with E-state index in [9.17, 15) is 9.59 Å². The number of carbonyl (C=O) groups is 1. The minimum atomic E-state index is -0.208. The van der Waals surface area contributed by atoms with Gasteiger partial charge in [0, 0.05) is 23.4 Å². The Bertz CT molecular complexity index is 403. The second-order valence-corrected chi connectivity index (χ2v) is 4.67. The second-order valence-electron chi connectivity index (χ2n) is 3.93. The number of rotatable bonds is 2. The summed E-state index contributed by atoms with van der Waals surface area (Å²) in [6.07, 6.45) is 3.37. The quantitative estimate of drug-likeness (QED) is 0.775. The molecule has 0 unspecified atom stereocenters. The zero-order chi connectivity index (χ0) is 10.8. The summed E-state index contributed by atoms with van der Waals surface area (Å²) >= 11 is 0.952. The van der Waals surface area contributed by atoms with Crippen LogP contribution in [0.2, 0.25) is 0 Å². The molecule has 6 heteroatoms. The Labute approximate surface area is 90.9 Å². The van der Waals surface area contributed by atoms with Crippen LogP contribution in [0, 0.1) is 5.92 Å². The first-order chi connectivity index (χ1) is 7.16. The molecular formula is C9H13N3O2S. The van der Waals surface area contributed by atoms with Gasteiger partial charge in [0.05, 0.1) is 0 Å². The van der Waals surface area contributed by atoms with Gasteiger partial charge in [-0.05, 0) is 25.7 Å². The van der Waals surface area contributed by atoms with Gasteiger partial charge >= 0.3 is 4.87 Å². The first-order valence-electron chi connectivity index (χ1n) is 5.02. The standard InChI is InChI=1S/C9H13N3O2S/c10-7(13)5-1-3-6(4-2-5)8-11-9(14)15-12-8/h5-6H,1-4H2,(H2,10,13)(H,11,12,14). The Morgan fingerprint density at radius 3 is 2.53 bits per heavy atom. The van der Waals surface area contributed by atoms with Crippen molar-refractivity contribution in [1.29, 1.82) is 0 Å². The van der Waals surface area contributed by atoms with Crippen LogP contribution < -0.4 is 10.6 Å². The molecule has 0 saturated heterocycles. The minimum absolute atomic E-state index is 0.00612. The van der Waals surface area contributed by atoms with Crippen LogP contribution in [0.25, 0.3) is 0 Å². The van der Waals surface area contributed by atoms with Crippen molar-refractivity contribution in [3.63, 3.8) is 0 Å². The lowest BCUT2D eigenvalue weighted by Crippen LogP contribution is -2.27. The lowest BCUT2D eigenvalue weighted by Gasteiger charge is -2.24. The van der Waals surface area contributed by atoms with Gasteiger partial charge in [-0.15, -0.1) is 0 Å². The van der Waals surface area contributed by atoms with Gasteiger partial charge in [-0.25, -0.2) is 0 Å². The van der Waals surface area contributed by atoms with E-state index in [2.05, 4.69) is 9.36 Å². The fraction of sp³-hybridized carbons (Fsp3) is 0.667. The maximum atomic E-state index is 11.0. The van der Waals surface area contributed by atoms with Crippen molar-refractivity contribution in [3.8, 4) is 0 Å². The normalized spacial score (nSPS) is 26.4. The predicted octanol–water partition coefficient (Wildman–Crippen LogP) is 0.590. The second kappa shape index (κ2) is 4.14. The summed E-state index contributed by atoms with van der Waals surface area (Å²) in [6, 6.07) is 0. The lowest BCUT2D eigenvalue weighted by molar-refractivity contribution is -0.122. The van der Waals surface area contributed by atoms with Crippen LogP contribution in [-0.4, -0.2) is 15.3 Å². The van der Waals surface area contributed by atoms with Crippen LogP contribution in [0.4, 0.5) is 0 Å². The molecule has 1 heterocycles. The Morgan fingerprint density at radius 2 is 2.07 bits per heavy atom. The van der Waals surface area contributed by atoms with Crippen LogP contribution >= 0.6 is 11.5 Å². The molecule has 0 bridgehead atoms. The Balaban J connectivity index is 1.99. The summed E-state index contributed by atoms with van der Waals surface area (Å²) in [5, 5.41) is 0. The fourth-order valence-electron chi connectivity index (χ4n) is 2.07. The van der Waals surface area contributed by atoms with Crippen molar-refractivity contribution in [3.05, 3.63) is 15.5 Å². The number of hydrogen-bond acceptors (Lipinski definition) is 4. The average molecular weight is 227 g/mol. The highest BCUT2D eigenvalue weighted by Gasteiger charge is 2.27. The van der Waals surface area contributed by atoms with E-state index in [4.69, 9.17) is 5.73 Å². The molecule has 15 heavy (non-hydrogen) atoms. The van der Waals surface area contributed by atoms with Crippen LogP contribution in [0.1, 0.15) is 37.4 Å². The average Bonchev–Trinajstić information content (AvgIpc) is 2.65. The number of aromatic nitrogens is 2. The highest BCUT2D eigenvalue weighted by Crippen LogP contribution is 2.33. The van der Waals surface area contributed by atoms with E-state index in [0.717, 1.165) is 43.0 Å². The van der Waals surface area contributed by atoms with Gasteiger partial charge in [-0.3, -0.25) is 14.6 Å². The Hall–Kier alpha value is -1.17. The predicted molar refractivity (Wildman–Crippen MR) is 56.6 cm³/mol. The first kappa shape index (κ1) is 10.4. The zero-order valence-electron chi connectivity index (χ0n) is 8.23. The summed E-state index contributed by atoms with van der Waals surface area (Å²) in [5.74, 6) is 0.860. The monoisotopic (exact) mass is 227 g/mol. The Morgan fingerprint density at radius 1 is 1.40 bits per heavy atom. The molecule has 1 aromatic rings. The number of nitrogens with zero attached hydrogens (tertiary/aromatic N) is 1. The molecule has 1 aromatic heterocycles. The molecule has 0 atom stereocenters. The molecule has 1 aliphatic rings. The van der Waals surface area contributed by atoms with E-state index in [0.29, 0.717) is 5.92 Å². The number of amides is 1. The molecule has 5 nitrogen and oxygen atoms in total. The van der Waals surface area contributed by atoms with Crippen LogP contribution in [0.5, 0.6) is 0 Å². The fourth-order valence-corrected chi connectivity index (χ4v) is 2.59. The molecular weight excluding hydrogens is 214 g/mol. The molecule has 0 aromatic carbocycles. The van der Waals surface area contributed by atoms with Gasteiger partial charge in [0.25, 0.3) is 0 Å². The maximum Gasteiger partial charge on any atom is 0.323 e. The molecule has 3 N–H and O–H groups in total. The van der Waals surface area contributed by atoms with Crippen molar-refractivity contribution in [2.24, 2.45) is 11.7 Å². The lowest BCUT2D eigenvalue weighted by atomic mass is 9.81. The number of aromatic amines is 1. The third-order valence-corrected chi connectivity index (χ3v) is 3.53. The molecule has 0 radical (unpaired) electrons. The molecule has 0 spiro atoms. The Kier molecular flexibility index (Phi) is 2.86. The molecule has 1 aliphatic carbocycles. The highest BCUT2D eigenvalue weighted by molar-refractivity contribution is 7.02. The van der Waals surface area contributed by atoms with Crippen molar-refractivity contribution in [1.82, 2.24) is 9.36 Å². The molecule has 1 amide bonds. The summed E-state index contributed by atoms with van der Waals surface area (Å²) < 4.78 is 4.07. The van der Waals surface area contributed by atoms with Gasteiger partial charge in [0.1, 0.15) is 5.82 Å². The molecule has 82 valence electrons. The smallest absolute Gasteiger partial charge is 0.323 e. The summed E-state index contributed by atoms with van der Waals surface area (Å²) in [6.45, 7) is 0. The maximum absolute atomic E-state index is 11.0. The first-order valence-corrected chi connectivity index (χ1v) is 5.79. The summed E-state index contributed by atoms with van der Waals surface area (Å²) in [5.41, 5.74) is 5.25. The van der Waals surface area contributed by atoms with E-state index < -0.39 is 0 Å².